The summed E-state index contributed by atoms with van der Waals surface area (Å²) < 4.78 is 5.15. The molecule has 5 heteroatoms. The van der Waals surface area contributed by atoms with Gasteiger partial charge in [0.25, 0.3) is 5.91 Å². The first-order chi connectivity index (χ1) is 14.5. The van der Waals surface area contributed by atoms with E-state index in [9.17, 15) is 9.59 Å². The van der Waals surface area contributed by atoms with E-state index in [0.717, 1.165) is 23.2 Å². The number of rotatable bonds is 8. The number of hydrogen-bond acceptors (Lipinski definition) is 3. The van der Waals surface area contributed by atoms with Gasteiger partial charge in [-0.25, -0.2) is 4.79 Å². The highest BCUT2D eigenvalue weighted by Gasteiger charge is 2.23. The fraction of sp³-hybridized carbons (Fsp3) is 0.280. The van der Waals surface area contributed by atoms with Gasteiger partial charge in [0, 0.05) is 24.3 Å². The van der Waals surface area contributed by atoms with E-state index in [1.165, 1.54) is 5.56 Å². The first-order valence-electron chi connectivity index (χ1n) is 10.2. The van der Waals surface area contributed by atoms with Crippen molar-refractivity contribution in [3.63, 3.8) is 0 Å². The Hall–Kier alpha value is -3.34. The lowest BCUT2D eigenvalue weighted by Gasteiger charge is -2.24. The van der Waals surface area contributed by atoms with Crippen molar-refractivity contribution in [3.05, 3.63) is 94.3 Å². The molecule has 0 radical (unpaired) electrons. The molecule has 0 fully saturated rings. The summed E-state index contributed by atoms with van der Waals surface area (Å²) in [6.07, 6.45) is 0.757. The molecule has 0 saturated heterocycles. The van der Waals surface area contributed by atoms with Gasteiger partial charge in [-0.15, -0.1) is 0 Å². The molecular formula is C25H28N2O3. The summed E-state index contributed by atoms with van der Waals surface area (Å²) >= 11 is 0. The third-order valence-electron chi connectivity index (χ3n) is 5.24. The van der Waals surface area contributed by atoms with Gasteiger partial charge in [-0.3, -0.25) is 4.79 Å². The third kappa shape index (κ3) is 4.98. The Labute approximate surface area is 177 Å². The molecule has 0 saturated carbocycles. The maximum atomic E-state index is 13.3. The molecule has 30 heavy (non-hydrogen) atoms. The van der Waals surface area contributed by atoms with E-state index in [1.807, 2.05) is 67.3 Å². The molecule has 5 nitrogen and oxygen atoms in total. The highest BCUT2D eigenvalue weighted by atomic mass is 16.5. The largest absolute Gasteiger partial charge is 0.461 e. The Morgan fingerprint density at radius 2 is 1.60 bits per heavy atom. The molecule has 0 bridgehead atoms. The summed E-state index contributed by atoms with van der Waals surface area (Å²) in [7, 11) is 0. The maximum Gasteiger partial charge on any atom is 0.355 e. The zero-order valence-electron chi connectivity index (χ0n) is 17.8. The highest BCUT2D eigenvalue weighted by Crippen LogP contribution is 2.22. The second-order valence-corrected chi connectivity index (χ2v) is 7.28. The SMILES string of the molecule is CCOC(=O)c1[nH]c(C)c(CN(CCc2ccccc2)C(=O)c2ccccc2)c1C. The van der Waals surface area contributed by atoms with Gasteiger partial charge < -0.3 is 14.6 Å². The van der Waals surface area contributed by atoms with Crippen LogP contribution >= 0.6 is 0 Å². The summed E-state index contributed by atoms with van der Waals surface area (Å²) in [6, 6.07) is 19.4. The van der Waals surface area contributed by atoms with E-state index in [-0.39, 0.29) is 11.9 Å². The molecule has 1 aromatic heterocycles. The number of nitrogens with one attached hydrogen (secondary N) is 1. The molecule has 3 rings (SSSR count). The number of benzene rings is 2. The summed E-state index contributed by atoms with van der Waals surface area (Å²) in [6.45, 7) is 6.93. The van der Waals surface area contributed by atoms with Gasteiger partial charge in [0.05, 0.1) is 6.61 Å². The van der Waals surface area contributed by atoms with Crippen molar-refractivity contribution in [3.8, 4) is 0 Å². The molecule has 0 aliphatic carbocycles. The molecule has 1 heterocycles. The average molecular weight is 405 g/mol. The van der Waals surface area contributed by atoms with Crippen LogP contribution < -0.4 is 0 Å². The Kier molecular flexibility index (Phi) is 7.07. The number of aromatic amines is 1. The Bertz CT molecular complexity index is 994. The van der Waals surface area contributed by atoms with E-state index in [1.54, 1.807) is 6.92 Å². The summed E-state index contributed by atoms with van der Waals surface area (Å²) in [5.41, 5.74) is 4.95. The molecule has 0 spiro atoms. The van der Waals surface area contributed by atoms with E-state index >= 15 is 0 Å². The lowest BCUT2D eigenvalue weighted by atomic mass is 10.1. The van der Waals surface area contributed by atoms with Gasteiger partial charge in [0.1, 0.15) is 5.69 Å². The number of esters is 1. The van der Waals surface area contributed by atoms with Gasteiger partial charge in [0.2, 0.25) is 0 Å². The molecule has 1 amide bonds. The number of nitrogens with zero attached hydrogens (tertiary/aromatic N) is 1. The van der Waals surface area contributed by atoms with Crippen LogP contribution in [0.3, 0.4) is 0 Å². The van der Waals surface area contributed by atoms with Crippen LogP contribution in [0, 0.1) is 13.8 Å². The molecule has 0 atom stereocenters. The van der Waals surface area contributed by atoms with Crippen molar-refractivity contribution in [2.24, 2.45) is 0 Å². The van der Waals surface area contributed by atoms with Crippen LogP contribution in [0.1, 0.15) is 50.2 Å². The van der Waals surface area contributed by atoms with Crippen LogP contribution in [0.2, 0.25) is 0 Å². The quantitative estimate of drug-likeness (QED) is 0.554. The van der Waals surface area contributed by atoms with Crippen molar-refractivity contribution < 1.29 is 14.3 Å². The van der Waals surface area contributed by atoms with Crippen molar-refractivity contribution in [1.82, 2.24) is 9.88 Å². The summed E-state index contributed by atoms with van der Waals surface area (Å²) in [4.78, 5) is 30.5. The molecular weight excluding hydrogens is 376 g/mol. The lowest BCUT2D eigenvalue weighted by molar-refractivity contribution is 0.0519. The third-order valence-corrected chi connectivity index (χ3v) is 5.24. The number of aromatic nitrogens is 1. The van der Waals surface area contributed by atoms with Crippen molar-refractivity contribution in [2.45, 2.75) is 33.7 Å². The van der Waals surface area contributed by atoms with Crippen molar-refractivity contribution in [1.29, 1.82) is 0 Å². The van der Waals surface area contributed by atoms with Crippen LogP contribution in [0.15, 0.2) is 60.7 Å². The Morgan fingerprint density at radius 3 is 2.23 bits per heavy atom. The number of carbonyl (C=O) groups is 2. The molecule has 1 N–H and O–H groups in total. The van der Waals surface area contributed by atoms with E-state index < -0.39 is 0 Å². The number of ether oxygens (including phenoxy) is 1. The second-order valence-electron chi connectivity index (χ2n) is 7.28. The fourth-order valence-corrected chi connectivity index (χ4v) is 3.55. The standard InChI is InChI=1S/C25H28N2O3/c1-4-30-25(29)23-18(2)22(19(3)26-23)17-27(16-15-20-11-7-5-8-12-20)24(28)21-13-9-6-10-14-21/h5-14,26H,4,15-17H2,1-3H3. The normalized spacial score (nSPS) is 10.6. The van der Waals surface area contributed by atoms with Gasteiger partial charge >= 0.3 is 5.97 Å². The van der Waals surface area contributed by atoms with Gasteiger partial charge in [-0.1, -0.05) is 48.5 Å². The fourth-order valence-electron chi connectivity index (χ4n) is 3.55. The average Bonchev–Trinajstić information content (AvgIpc) is 3.05. The monoisotopic (exact) mass is 404 g/mol. The van der Waals surface area contributed by atoms with Crippen LogP contribution in [0.4, 0.5) is 0 Å². The second kappa shape index (κ2) is 9.92. The topological polar surface area (TPSA) is 62.4 Å². The van der Waals surface area contributed by atoms with Crippen LogP contribution in [-0.4, -0.2) is 34.9 Å². The van der Waals surface area contributed by atoms with Crippen LogP contribution in [-0.2, 0) is 17.7 Å². The number of amides is 1. The van der Waals surface area contributed by atoms with Gasteiger partial charge in [-0.05, 0) is 56.0 Å². The highest BCUT2D eigenvalue weighted by molar-refractivity contribution is 5.94. The lowest BCUT2D eigenvalue weighted by Crippen LogP contribution is -2.33. The molecule has 156 valence electrons. The van der Waals surface area contributed by atoms with Gasteiger partial charge in [-0.2, -0.15) is 0 Å². The van der Waals surface area contributed by atoms with Crippen LogP contribution in [0.25, 0.3) is 0 Å². The maximum absolute atomic E-state index is 13.3. The minimum absolute atomic E-state index is 0.0239. The minimum atomic E-state index is -0.366. The first kappa shape index (κ1) is 21.4. The predicted molar refractivity (Wildman–Crippen MR) is 118 cm³/mol. The van der Waals surface area contributed by atoms with E-state index in [4.69, 9.17) is 4.74 Å². The van der Waals surface area contributed by atoms with Crippen molar-refractivity contribution >= 4 is 11.9 Å². The number of hydrogen-bond donors (Lipinski definition) is 1. The molecule has 2 aromatic carbocycles. The number of carbonyl (C=O) groups excluding carboxylic acids is 2. The molecule has 0 aliphatic heterocycles. The number of H-pyrrole nitrogens is 1. The van der Waals surface area contributed by atoms with E-state index in [0.29, 0.717) is 31.0 Å². The minimum Gasteiger partial charge on any atom is -0.461 e. The predicted octanol–water partition coefficient (Wildman–Crippen LogP) is 4.69. The molecule has 3 aromatic rings. The molecule has 0 aliphatic rings. The van der Waals surface area contributed by atoms with E-state index in [2.05, 4.69) is 17.1 Å². The molecule has 0 unspecified atom stereocenters. The first-order valence-corrected chi connectivity index (χ1v) is 10.2. The zero-order valence-corrected chi connectivity index (χ0v) is 17.8. The van der Waals surface area contributed by atoms with Crippen LogP contribution in [0.5, 0.6) is 0 Å². The smallest absolute Gasteiger partial charge is 0.355 e. The van der Waals surface area contributed by atoms with Gasteiger partial charge in [0.15, 0.2) is 0 Å². The number of aryl methyl sites for hydroxylation is 1. The zero-order chi connectivity index (χ0) is 21.5. The Balaban J connectivity index is 1.87. The summed E-state index contributed by atoms with van der Waals surface area (Å²) in [5.74, 6) is -0.390. The summed E-state index contributed by atoms with van der Waals surface area (Å²) in [5, 5.41) is 0. The Morgan fingerprint density at radius 1 is 0.967 bits per heavy atom. The van der Waals surface area contributed by atoms with Crippen molar-refractivity contribution in [2.75, 3.05) is 13.2 Å².